The van der Waals surface area contributed by atoms with E-state index in [1.807, 2.05) is 17.0 Å². The maximum atomic E-state index is 12.4. The Hall–Kier alpha value is -2.20. The highest BCUT2D eigenvalue weighted by Gasteiger charge is 2.24. The van der Waals surface area contributed by atoms with Crippen LogP contribution in [0, 0.1) is 0 Å². The summed E-state index contributed by atoms with van der Waals surface area (Å²) in [6.07, 6.45) is 5.31. The van der Waals surface area contributed by atoms with Gasteiger partial charge in [-0.25, -0.2) is 0 Å². The molecule has 0 N–H and O–H groups in total. The molecule has 22 heavy (non-hydrogen) atoms. The largest absolute Gasteiger partial charge is 0.375 e. The van der Waals surface area contributed by atoms with E-state index in [9.17, 15) is 4.79 Å². The topological polar surface area (TPSA) is 42.4 Å². The van der Waals surface area contributed by atoms with Gasteiger partial charge in [-0.05, 0) is 30.5 Å². The van der Waals surface area contributed by atoms with E-state index in [4.69, 9.17) is 4.74 Å². The maximum Gasteiger partial charge on any atom is 0.255 e. The molecule has 1 atom stereocenters. The minimum atomic E-state index is 0.0427. The number of carbonyl (C=O) groups is 1. The van der Waals surface area contributed by atoms with E-state index in [1.54, 1.807) is 18.5 Å². The number of aryl methyl sites for hydroxylation is 1. The third kappa shape index (κ3) is 3.71. The molecule has 0 unspecified atom stereocenters. The van der Waals surface area contributed by atoms with Gasteiger partial charge in [0.2, 0.25) is 0 Å². The van der Waals surface area contributed by atoms with Crippen molar-refractivity contribution in [2.24, 2.45) is 0 Å². The van der Waals surface area contributed by atoms with Crippen LogP contribution in [0.3, 0.4) is 0 Å². The second-order valence-electron chi connectivity index (χ2n) is 5.51. The Morgan fingerprint density at radius 3 is 2.86 bits per heavy atom. The summed E-state index contributed by atoms with van der Waals surface area (Å²) in [6.45, 7) is 1.90. The molecule has 3 rings (SSSR count). The van der Waals surface area contributed by atoms with E-state index >= 15 is 0 Å². The average Bonchev–Trinajstić information content (AvgIpc) is 2.61. The molecule has 1 aromatic carbocycles. The summed E-state index contributed by atoms with van der Waals surface area (Å²) in [7, 11) is 0. The smallest absolute Gasteiger partial charge is 0.255 e. The number of aromatic nitrogens is 1. The lowest BCUT2D eigenvalue weighted by atomic mass is 10.1. The van der Waals surface area contributed by atoms with E-state index in [0.717, 1.165) is 12.8 Å². The van der Waals surface area contributed by atoms with Crippen LogP contribution in [0.1, 0.15) is 22.3 Å². The Labute approximate surface area is 130 Å². The fraction of sp³-hybridized carbons (Fsp3) is 0.333. The molecule has 0 aliphatic carbocycles. The van der Waals surface area contributed by atoms with E-state index in [-0.39, 0.29) is 12.0 Å². The van der Waals surface area contributed by atoms with Crippen molar-refractivity contribution in [1.82, 2.24) is 9.88 Å². The number of rotatable bonds is 4. The lowest BCUT2D eigenvalue weighted by molar-refractivity contribution is -0.0246. The molecule has 1 aromatic heterocycles. The molecule has 1 amide bonds. The predicted molar refractivity (Wildman–Crippen MR) is 84.6 cm³/mol. The highest BCUT2D eigenvalue weighted by atomic mass is 16.5. The molecule has 2 aromatic rings. The van der Waals surface area contributed by atoms with Gasteiger partial charge < -0.3 is 9.64 Å². The van der Waals surface area contributed by atoms with Crippen LogP contribution in [-0.2, 0) is 11.2 Å². The number of ether oxygens (including phenoxy) is 1. The molecule has 4 nitrogen and oxygen atoms in total. The zero-order valence-corrected chi connectivity index (χ0v) is 12.5. The van der Waals surface area contributed by atoms with Crippen LogP contribution in [-0.4, -0.2) is 41.6 Å². The molecule has 2 heterocycles. The summed E-state index contributed by atoms with van der Waals surface area (Å²) >= 11 is 0. The van der Waals surface area contributed by atoms with Gasteiger partial charge in [-0.15, -0.1) is 0 Å². The van der Waals surface area contributed by atoms with Crippen molar-refractivity contribution in [1.29, 1.82) is 0 Å². The molecule has 0 spiro atoms. The van der Waals surface area contributed by atoms with Crippen molar-refractivity contribution in [2.75, 3.05) is 19.7 Å². The summed E-state index contributed by atoms with van der Waals surface area (Å²) in [6, 6.07) is 14.0. The number of morpholine rings is 1. The van der Waals surface area contributed by atoms with E-state index < -0.39 is 0 Å². The second-order valence-corrected chi connectivity index (χ2v) is 5.51. The van der Waals surface area contributed by atoms with Gasteiger partial charge in [0.1, 0.15) is 0 Å². The molecule has 0 saturated carbocycles. The van der Waals surface area contributed by atoms with Crippen molar-refractivity contribution in [3.8, 4) is 0 Å². The van der Waals surface area contributed by atoms with Crippen LogP contribution in [0.15, 0.2) is 54.9 Å². The third-order valence-corrected chi connectivity index (χ3v) is 3.93. The molecule has 0 bridgehead atoms. The SMILES string of the molecule is O=C(c1cccnc1)N1CCO[C@H](CCc2ccccc2)C1. The van der Waals surface area contributed by atoms with Crippen LogP contribution in [0.2, 0.25) is 0 Å². The maximum absolute atomic E-state index is 12.4. The molecular weight excluding hydrogens is 276 g/mol. The molecule has 1 aliphatic heterocycles. The summed E-state index contributed by atoms with van der Waals surface area (Å²) in [4.78, 5) is 18.3. The minimum absolute atomic E-state index is 0.0427. The van der Waals surface area contributed by atoms with Gasteiger partial charge in [0.25, 0.3) is 5.91 Å². The number of hydrogen-bond acceptors (Lipinski definition) is 3. The van der Waals surface area contributed by atoms with Crippen LogP contribution < -0.4 is 0 Å². The van der Waals surface area contributed by atoms with Crippen LogP contribution in [0.25, 0.3) is 0 Å². The molecule has 114 valence electrons. The minimum Gasteiger partial charge on any atom is -0.375 e. The molecule has 4 heteroatoms. The van der Waals surface area contributed by atoms with Gasteiger partial charge >= 0.3 is 0 Å². The first-order valence-corrected chi connectivity index (χ1v) is 7.68. The first kappa shape index (κ1) is 14.7. The fourth-order valence-electron chi connectivity index (χ4n) is 2.72. The number of carbonyl (C=O) groups excluding carboxylic acids is 1. The lowest BCUT2D eigenvalue weighted by Crippen LogP contribution is -2.45. The Bertz CT molecular complexity index is 601. The number of benzene rings is 1. The van der Waals surface area contributed by atoms with Crippen LogP contribution in [0.5, 0.6) is 0 Å². The normalized spacial score (nSPS) is 18.2. The number of hydrogen-bond donors (Lipinski definition) is 0. The number of nitrogens with zero attached hydrogens (tertiary/aromatic N) is 2. The third-order valence-electron chi connectivity index (χ3n) is 3.93. The Balaban J connectivity index is 1.56. The molecule has 1 fully saturated rings. The van der Waals surface area contributed by atoms with Crippen molar-refractivity contribution >= 4 is 5.91 Å². The van der Waals surface area contributed by atoms with Crippen LogP contribution >= 0.6 is 0 Å². The zero-order valence-electron chi connectivity index (χ0n) is 12.5. The molecule has 1 aliphatic rings. The Morgan fingerprint density at radius 1 is 1.23 bits per heavy atom. The average molecular weight is 296 g/mol. The standard InChI is InChI=1S/C18H20N2O2/c21-18(16-7-4-10-19-13-16)20-11-12-22-17(14-20)9-8-15-5-2-1-3-6-15/h1-7,10,13,17H,8-9,11-12,14H2/t17-/m1/s1. The van der Waals surface area contributed by atoms with Gasteiger partial charge in [-0.3, -0.25) is 9.78 Å². The molecule has 1 saturated heterocycles. The monoisotopic (exact) mass is 296 g/mol. The van der Waals surface area contributed by atoms with Gasteiger partial charge in [0.15, 0.2) is 0 Å². The van der Waals surface area contributed by atoms with Gasteiger partial charge in [-0.1, -0.05) is 30.3 Å². The van der Waals surface area contributed by atoms with Gasteiger partial charge in [0.05, 0.1) is 18.3 Å². The predicted octanol–water partition coefficient (Wildman–Crippen LogP) is 2.56. The number of amides is 1. The number of pyridine rings is 1. The van der Waals surface area contributed by atoms with Crippen molar-refractivity contribution in [3.63, 3.8) is 0 Å². The highest BCUT2D eigenvalue weighted by molar-refractivity contribution is 5.93. The lowest BCUT2D eigenvalue weighted by Gasteiger charge is -2.33. The van der Waals surface area contributed by atoms with E-state index in [0.29, 0.717) is 25.3 Å². The van der Waals surface area contributed by atoms with Crippen molar-refractivity contribution in [2.45, 2.75) is 18.9 Å². The van der Waals surface area contributed by atoms with Gasteiger partial charge in [0, 0.05) is 25.5 Å². The summed E-state index contributed by atoms with van der Waals surface area (Å²) in [5, 5.41) is 0. The Kier molecular flexibility index (Phi) is 4.81. The molecule has 0 radical (unpaired) electrons. The quantitative estimate of drug-likeness (QED) is 0.871. The second kappa shape index (κ2) is 7.18. The first-order chi connectivity index (χ1) is 10.8. The van der Waals surface area contributed by atoms with Crippen molar-refractivity contribution < 1.29 is 9.53 Å². The summed E-state index contributed by atoms with van der Waals surface area (Å²) in [5.41, 5.74) is 1.95. The summed E-state index contributed by atoms with van der Waals surface area (Å²) in [5.74, 6) is 0.0427. The first-order valence-electron chi connectivity index (χ1n) is 7.68. The van der Waals surface area contributed by atoms with Crippen LogP contribution in [0.4, 0.5) is 0 Å². The summed E-state index contributed by atoms with van der Waals surface area (Å²) < 4.78 is 5.81. The van der Waals surface area contributed by atoms with E-state index in [2.05, 4.69) is 29.2 Å². The highest BCUT2D eigenvalue weighted by Crippen LogP contribution is 2.14. The van der Waals surface area contributed by atoms with Gasteiger partial charge in [-0.2, -0.15) is 0 Å². The van der Waals surface area contributed by atoms with E-state index in [1.165, 1.54) is 5.56 Å². The Morgan fingerprint density at radius 2 is 2.09 bits per heavy atom. The fourth-order valence-corrected chi connectivity index (χ4v) is 2.72. The zero-order chi connectivity index (χ0) is 15.2. The molecular formula is C18H20N2O2. The van der Waals surface area contributed by atoms with Crippen molar-refractivity contribution in [3.05, 3.63) is 66.0 Å².